The van der Waals surface area contributed by atoms with Gasteiger partial charge >= 0.3 is 0 Å². The third-order valence-electron chi connectivity index (χ3n) is 3.60. The second-order valence-corrected chi connectivity index (χ2v) is 6.91. The number of para-hydroxylation sites is 1. The molecule has 0 fully saturated rings. The molecule has 0 aliphatic carbocycles. The van der Waals surface area contributed by atoms with Crippen LogP contribution in [0.25, 0.3) is 10.9 Å². The second kappa shape index (κ2) is 5.93. The smallest absolute Gasteiger partial charge is 0.230 e. The summed E-state index contributed by atoms with van der Waals surface area (Å²) in [4.78, 5) is 17.5. The maximum Gasteiger partial charge on any atom is 0.230 e. The number of rotatable bonds is 4. The number of benzene rings is 1. The highest BCUT2D eigenvalue weighted by Crippen LogP contribution is 2.25. The van der Waals surface area contributed by atoms with Crippen LogP contribution in [0.1, 0.15) is 30.3 Å². The molecule has 3 rings (SSSR count). The van der Waals surface area contributed by atoms with Gasteiger partial charge in [-0.05, 0) is 32.4 Å². The molecule has 1 aromatic carbocycles. The Balaban J connectivity index is 1.85. The van der Waals surface area contributed by atoms with E-state index < -0.39 is 0 Å². The average Bonchev–Trinajstić information content (AvgIpc) is 3.03. The maximum atomic E-state index is 12.3. The van der Waals surface area contributed by atoms with Gasteiger partial charge in [0.25, 0.3) is 0 Å². The molecule has 0 unspecified atom stereocenters. The highest BCUT2D eigenvalue weighted by Gasteiger charge is 2.14. The number of carbonyl (C=O) groups excluding carboxylic acids is 1. The van der Waals surface area contributed by atoms with Gasteiger partial charge in [-0.1, -0.05) is 18.2 Å². The van der Waals surface area contributed by atoms with Crippen molar-refractivity contribution < 1.29 is 4.79 Å². The van der Waals surface area contributed by atoms with E-state index in [9.17, 15) is 4.79 Å². The highest BCUT2D eigenvalue weighted by molar-refractivity contribution is 7.15. The van der Waals surface area contributed by atoms with Crippen LogP contribution in [-0.4, -0.2) is 15.5 Å². The number of hydrogen-bond acceptors (Lipinski definition) is 3. The van der Waals surface area contributed by atoms with Gasteiger partial charge in [0, 0.05) is 34.2 Å². The van der Waals surface area contributed by atoms with Crippen LogP contribution in [-0.2, 0) is 11.2 Å². The molecule has 0 aliphatic rings. The summed E-state index contributed by atoms with van der Waals surface area (Å²) in [5.41, 5.74) is 2.22. The monoisotopic (exact) mass is 313 g/mol. The number of nitrogens with zero attached hydrogens (tertiary/aromatic N) is 2. The lowest BCUT2D eigenvalue weighted by Gasteiger charge is -2.08. The van der Waals surface area contributed by atoms with Crippen LogP contribution in [0.3, 0.4) is 0 Å². The predicted octanol–water partition coefficient (Wildman–Crippen LogP) is 4.17. The van der Waals surface area contributed by atoms with Crippen LogP contribution in [0.5, 0.6) is 0 Å². The average molecular weight is 313 g/mol. The number of aryl methyl sites for hydroxylation is 1. The lowest BCUT2D eigenvalue weighted by Crippen LogP contribution is -2.14. The van der Waals surface area contributed by atoms with Crippen molar-refractivity contribution >= 4 is 33.3 Å². The van der Waals surface area contributed by atoms with Crippen molar-refractivity contribution in [1.82, 2.24) is 9.55 Å². The van der Waals surface area contributed by atoms with E-state index in [2.05, 4.69) is 47.0 Å². The van der Waals surface area contributed by atoms with Gasteiger partial charge in [0.05, 0.1) is 6.42 Å². The molecule has 1 amide bonds. The van der Waals surface area contributed by atoms with Gasteiger partial charge in [0.1, 0.15) is 0 Å². The summed E-state index contributed by atoms with van der Waals surface area (Å²) in [5.74, 6) is -0.0268. The van der Waals surface area contributed by atoms with E-state index in [0.717, 1.165) is 15.8 Å². The summed E-state index contributed by atoms with van der Waals surface area (Å²) in [6, 6.07) is 8.58. The molecule has 3 aromatic rings. The number of fused-ring (bicyclic) bond motifs is 1. The molecule has 2 heterocycles. The lowest BCUT2D eigenvalue weighted by molar-refractivity contribution is -0.115. The number of aromatic nitrogens is 2. The summed E-state index contributed by atoms with van der Waals surface area (Å²) < 4.78 is 2.21. The van der Waals surface area contributed by atoms with Crippen molar-refractivity contribution in [3.8, 4) is 0 Å². The number of amides is 1. The van der Waals surface area contributed by atoms with Crippen LogP contribution in [0.2, 0.25) is 0 Å². The molecule has 2 aromatic heterocycles. The molecule has 0 saturated carbocycles. The predicted molar refractivity (Wildman–Crippen MR) is 91.5 cm³/mol. The Kier molecular flexibility index (Phi) is 3.98. The molecule has 22 heavy (non-hydrogen) atoms. The first-order chi connectivity index (χ1) is 10.5. The fourth-order valence-corrected chi connectivity index (χ4v) is 3.28. The minimum absolute atomic E-state index is 0.0268. The fourth-order valence-electron chi connectivity index (χ4n) is 2.59. The van der Waals surface area contributed by atoms with E-state index in [1.54, 1.807) is 6.20 Å². The highest BCUT2D eigenvalue weighted by atomic mass is 32.1. The minimum atomic E-state index is -0.0268. The lowest BCUT2D eigenvalue weighted by atomic mass is 10.1. The van der Waals surface area contributed by atoms with Crippen molar-refractivity contribution in [3.63, 3.8) is 0 Å². The number of carbonyl (C=O) groups is 1. The first-order valence-corrected chi connectivity index (χ1v) is 8.17. The van der Waals surface area contributed by atoms with E-state index in [1.807, 2.05) is 19.1 Å². The molecule has 114 valence electrons. The maximum absolute atomic E-state index is 12.3. The number of anilines is 1. The topological polar surface area (TPSA) is 46.9 Å². The molecule has 0 bridgehead atoms. The third kappa shape index (κ3) is 2.90. The summed E-state index contributed by atoms with van der Waals surface area (Å²) in [6.45, 7) is 6.27. The van der Waals surface area contributed by atoms with E-state index in [-0.39, 0.29) is 5.91 Å². The van der Waals surface area contributed by atoms with Crippen molar-refractivity contribution in [3.05, 3.63) is 47.1 Å². The summed E-state index contributed by atoms with van der Waals surface area (Å²) in [7, 11) is 0. The molecular formula is C17H19N3OS. The van der Waals surface area contributed by atoms with Crippen molar-refractivity contribution in [2.45, 2.75) is 33.2 Å². The van der Waals surface area contributed by atoms with Crippen molar-refractivity contribution in [2.75, 3.05) is 5.32 Å². The molecular weight excluding hydrogens is 294 g/mol. The number of nitrogens with one attached hydrogen (secondary N) is 1. The normalized spacial score (nSPS) is 11.3. The zero-order chi connectivity index (χ0) is 15.7. The number of hydrogen-bond donors (Lipinski definition) is 1. The molecule has 0 radical (unpaired) electrons. The molecule has 4 nitrogen and oxygen atoms in total. The first-order valence-electron chi connectivity index (χ1n) is 7.35. The van der Waals surface area contributed by atoms with E-state index in [0.29, 0.717) is 17.6 Å². The standard InChI is InChI=1S/C17H19N3OS/c1-11(2)20-10-13(14-6-4-5-7-15(14)20)8-16(21)19-17-18-9-12(3)22-17/h4-7,9-11H,8H2,1-3H3,(H,18,19,21). The molecule has 0 saturated heterocycles. The van der Waals surface area contributed by atoms with Crippen LogP contribution >= 0.6 is 11.3 Å². The Hall–Kier alpha value is -2.14. The Morgan fingerprint density at radius 3 is 2.82 bits per heavy atom. The van der Waals surface area contributed by atoms with E-state index in [1.165, 1.54) is 16.9 Å². The molecule has 1 N–H and O–H groups in total. The van der Waals surface area contributed by atoms with Gasteiger partial charge in [-0.25, -0.2) is 4.98 Å². The SMILES string of the molecule is Cc1cnc(NC(=O)Cc2cn(C(C)C)c3ccccc23)s1. The van der Waals surface area contributed by atoms with E-state index >= 15 is 0 Å². The number of thiazole rings is 1. The van der Waals surface area contributed by atoms with Gasteiger partial charge in [0.2, 0.25) is 5.91 Å². The van der Waals surface area contributed by atoms with Crippen LogP contribution < -0.4 is 5.32 Å². The van der Waals surface area contributed by atoms with Crippen LogP contribution in [0.4, 0.5) is 5.13 Å². The zero-order valence-corrected chi connectivity index (χ0v) is 13.8. The molecule has 0 spiro atoms. The Morgan fingerprint density at radius 2 is 2.14 bits per heavy atom. The third-order valence-corrected chi connectivity index (χ3v) is 4.43. The summed E-state index contributed by atoms with van der Waals surface area (Å²) in [6.07, 6.45) is 4.21. The van der Waals surface area contributed by atoms with Crippen molar-refractivity contribution in [1.29, 1.82) is 0 Å². The summed E-state index contributed by atoms with van der Waals surface area (Å²) in [5, 5.41) is 4.68. The minimum Gasteiger partial charge on any atom is -0.345 e. The van der Waals surface area contributed by atoms with Gasteiger partial charge in [-0.15, -0.1) is 11.3 Å². The quantitative estimate of drug-likeness (QED) is 0.786. The van der Waals surface area contributed by atoms with Gasteiger partial charge < -0.3 is 9.88 Å². The largest absolute Gasteiger partial charge is 0.345 e. The van der Waals surface area contributed by atoms with Crippen molar-refractivity contribution in [2.24, 2.45) is 0 Å². The second-order valence-electron chi connectivity index (χ2n) is 5.67. The Bertz CT molecular complexity index is 816. The Labute approximate surface area is 133 Å². The fraction of sp³-hybridized carbons (Fsp3) is 0.294. The van der Waals surface area contributed by atoms with Gasteiger partial charge in [-0.2, -0.15) is 0 Å². The van der Waals surface area contributed by atoms with E-state index in [4.69, 9.17) is 0 Å². The molecule has 5 heteroatoms. The molecule has 0 atom stereocenters. The van der Waals surface area contributed by atoms with Gasteiger partial charge in [0.15, 0.2) is 5.13 Å². The van der Waals surface area contributed by atoms with Crippen LogP contribution in [0, 0.1) is 6.92 Å². The molecule has 0 aliphatic heterocycles. The van der Waals surface area contributed by atoms with Gasteiger partial charge in [-0.3, -0.25) is 4.79 Å². The first kappa shape index (κ1) is 14.8. The van der Waals surface area contributed by atoms with Crippen LogP contribution in [0.15, 0.2) is 36.7 Å². The summed E-state index contributed by atoms with van der Waals surface area (Å²) >= 11 is 1.49. The Morgan fingerprint density at radius 1 is 1.36 bits per heavy atom. The zero-order valence-electron chi connectivity index (χ0n) is 13.0.